The van der Waals surface area contributed by atoms with Crippen molar-refractivity contribution in [1.82, 2.24) is 0 Å². The van der Waals surface area contributed by atoms with Gasteiger partial charge in [0.25, 0.3) is 0 Å². The van der Waals surface area contributed by atoms with E-state index in [-0.39, 0.29) is 17.0 Å². The molecule has 72 valence electrons. The van der Waals surface area contributed by atoms with E-state index in [0.29, 0.717) is 0 Å². The SMILES string of the molecule is [Br-].c1ccc2c3c(ccc2c1)CC[NH2+]3. The summed E-state index contributed by atoms with van der Waals surface area (Å²) >= 11 is 0. The second-order valence-corrected chi connectivity index (χ2v) is 3.60. The van der Waals surface area contributed by atoms with Crippen LogP contribution in [0.5, 0.6) is 0 Å². The third-order valence-electron chi connectivity index (χ3n) is 2.82. The van der Waals surface area contributed by atoms with Crippen molar-refractivity contribution in [3.05, 3.63) is 42.0 Å². The Morgan fingerprint density at radius 2 is 1.86 bits per heavy atom. The lowest BCUT2D eigenvalue weighted by Gasteiger charge is -2.00. The Labute approximate surface area is 93.9 Å². The molecule has 0 saturated carbocycles. The van der Waals surface area contributed by atoms with E-state index in [1.807, 2.05) is 0 Å². The molecule has 1 nitrogen and oxygen atoms in total. The molecule has 0 amide bonds. The van der Waals surface area contributed by atoms with Gasteiger partial charge < -0.3 is 22.3 Å². The lowest BCUT2D eigenvalue weighted by Crippen LogP contribution is -3.00. The molecule has 2 aromatic carbocycles. The maximum atomic E-state index is 2.36. The minimum Gasteiger partial charge on any atom is -1.00 e. The summed E-state index contributed by atoms with van der Waals surface area (Å²) in [4.78, 5) is 0. The summed E-state index contributed by atoms with van der Waals surface area (Å²) in [5.41, 5.74) is 2.98. The number of quaternary nitrogens is 1. The average molecular weight is 250 g/mol. The van der Waals surface area contributed by atoms with Crippen LogP contribution in [-0.2, 0) is 6.42 Å². The number of rotatable bonds is 0. The zero-order valence-electron chi connectivity index (χ0n) is 7.83. The second kappa shape index (κ2) is 3.71. The van der Waals surface area contributed by atoms with E-state index in [4.69, 9.17) is 0 Å². The maximum absolute atomic E-state index is 2.36. The van der Waals surface area contributed by atoms with Crippen molar-refractivity contribution in [1.29, 1.82) is 0 Å². The van der Waals surface area contributed by atoms with Crippen LogP contribution in [0.3, 0.4) is 0 Å². The van der Waals surface area contributed by atoms with Gasteiger partial charge in [0.1, 0.15) is 5.69 Å². The van der Waals surface area contributed by atoms with E-state index in [9.17, 15) is 0 Å². The molecule has 0 aromatic heterocycles. The van der Waals surface area contributed by atoms with E-state index in [1.54, 1.807) is 0 Å². The van der Waals surface area contributed by atoms with Gasteiger partial charge >= 0.3 is 0 Å². The number of nitrogens with two attached hydrogens (primary N) is 1. The molecule has 0 fully saturated rings. The zero-order valence-corrected chi connectivity index (χ0v) is 9.42. The lowest BCUT2D eigenvalue weighted by molar-refractivity contribution is -0.559. The molecule has 0 spiro atoms. The Morgan fingerprint density at radius 3 is 2.79 bits per heavy atom. The summed E-state index contributed by atoms with van der Waals surface area (Å²) in [6.45, 7) is 1.21. The third kappa shape index (κ3) is 1.35. The van der Waals surface area contributed by atoms with E-state index < -0.39 is 0 Å². The van der Waals surface area contributed by atoms with Crippen LogP contribution in [0.25, 0.3) is 10.8 Å². The smallest absolute Gasteiger partial charge is 0.140 e. The maximum Gasteiger partial charge on any atom is 0.140 e. The monoisotopic (exact) mass is 249 g/mol. The van der Waals surface area contributed by atoms with Gasteiger partial charge in [-0.15, -0.1) is 0 Å². The molecule has 1 aliphatic heterocycles. The normalized spacial score (nSPS) is 13.7. The lowest BCUT2D eigenvalue weighted by atomic mass is 10.0. The fraction of sp³-hybridized carbons (Fsp3) is 0.167. The van der Waals surface area contributed by atoms with Gasteiger partial charge in [0.05, 0.1) is 6.54 Å². The topological polar surface area (TPSA) is 16.6 Å². The Kier molecular flexibility index (Phi) is 2.57. The minimum absolute atomic E-state index is 0. The van der Waals surface area contributed by atoms with Gasteiger partial charge in [-0.05, 0) is 11.5 Å². The number of hydrogen-bond donors (Lipinski definition) is 1. The van der Waals surface area contributed by atoms with Crippen molar-refractivity contribution in [3.8, 4) is 0 Å². The van der Waals surface area contributed by atoms with Crippen LogP contribution in [0.15, 0.2) is 36.4 Å². The minimum atomic E-state index is 0. The Morgan fingerprint density at radius 1 is 1.00 bits per heavy atom. The standard InChI is InChI=1S/C12H11N.BrH/c1-2-4-11-9(3-1)5-6-10-7-8-13-12(10)11;/h1-6,13H,7-8H2;1H. The van der Waals surface area contributed by atoms with Crippen molar-refractivity contribution in [2.24, 2.45) is 0 Å². The molecular formula is C12H12BrN. The van der Waals surface area contributed by atoms with Gasteiger partial charge in [-0.25, -0.2) is 0 Å². The molecule has 1 aliphatic rings. The Balaban J connectivity index is 0.000000750. The number of fused-ring (bicyclic) bond motifs is 3. The Hall–Kier alpha value is -0.860. The predicted molar refractivity (Wildman–Crippen MR) is 54.1 cm³/mol. The fourth-order valence-electron chi connectivity index (χ4n) is 2.17. The third-order valence-corrected chi connectivity index (χ3v) is 2.82. The van der Waals surface area contributed by atoms with E-state index in [1.165, 1.54) is 35.0 Å². The quantitative estimate of drug-likeness (QED) is 0.554. The zero-order chi connectivity index (χ0) is 8.67. The fourth-order valence-corrected chi connectivity index (χ4v) is 2.17. The van der Waals surface area contributed by atoms with Crippen LogP contribution < -0.4 is 22.3 Å². The van der Waals surface area contributed by atoms with Gasteiger partial charge in [0, 0.05) is 17.4 Å². The van der Waals surface area contributed by atoms with Crippen LogP contribution in [0.4, 0.5) is 5.69 Å². The molecule has 0 bridgehead atoms. The predicted octanol–water partition coefficient (Wildman–Crippen LogP) is -1.41. The first-order valence-electron chi connectivity index (χ1n) is 4.79. The van der Waals surface area contributed by atoms with Crippen LogP contribution in [0.1, 0.15) is 5.56 Å². The molecule has 0 radical (unpaired) electrons. The van der Waals surface area contributed by atoms with Crippen LogP contribution in [0.2, 0.25) is 0 Å². The highest BCUT2D eigenvalue weighted by atomic mass is 79.9. The van der Waals surface area contributed by atoms with Gasteiger partial charge in [-0.3, -0.25) is 0 Å². The Bertz CT molecular complexity index is 465. The number of halogens is 1. The van der Waals surface area contributed by atoms with Crippen molar-refractivity contribution in [3.63, 3.8) is 0 Å². The van der Waals surface area contributed by atoms with Crippen LogP contribution in [0, 0.1) is 0 Å². The second-order valence-electron chi connectivity index (χ2n) is 3.60. The van der Waals surface area contributed by atoms with E-state index in [0.717, 1.165) is 0 Å². The van der Waals surface area contributed by atoms with Crippen molar-refractivity contribution < 1.29 is 22.3 Å². The molecule has 3 rings (SSSR count). The molecule has 0 unspecified atom stereocenters. The van der Waals surface area contributed by atoms with Crippen molar-refractivity contribution >= 4 is 16.5 Å². The van der Waals surface area contributed by atoms with Crippen LogP contribution >= 0.6 is 0 Å². The molecule has 2 heteroatoms. The number of benzene rings is 2. The molecule has 0 saturated heterocycles. The summed E-state index contributed by atoms with van der Waals surface area (Å²) < 4.78 is 0. The van der Waals surface area contributed by atoms with Crippen molar-refractivity contribution in [2.75, 3.05) is 6.54 Å². The summed E-state index contributed by atoms with van der Waals surface area (Å²) in [7, 11) is 0. The van der Waals surface area contributed by atoms with Gasteiger partial charge in [-0.1, -0.05) is 30.3 Å². The first-order chi connectivity index (χ1) is 6.45. The highest BCUT2D eigenvalue weighted by Crippen LogP contribution is 2.25. The van der Waals surface area contributed by atoms with E-state index >= 15 is 0 Å². The molecule has 2 N–H and O–H groups in total. The van der Waals surface area contributed by atoms with Gasteiger partial charge in [0.2, 0.25) is 0 Å². The molecule has 1 heterocycles. The first-order valence-corrected chi connectivity index (χ1v) is 4.79. The molecule has 2 aromatic rings. The van der Waals surface area contributed by atoms with Gasteiger partial charge in [-0.2, -0.15) is 0 Å². The number of hydrogen-bond acceptors (Lipinski definition) is 0. The van der Waals surface area contributed by atoms with Gasteiger partial charge in [0.15, 0.2) is 0 Å². The first kappa shape index (κ1) is 9.69. The summed E-state index contributed by atoms with van der Waals surface area (Å²) in [6, 6.07) is 13.1. The summed E-state index contributed by atoms with van der Waals surface area (Å²) in [5.74, 6) is 0. The van der Waals surface area contributed by atoms with Crippen LogP contribution in [-0.4, -0.2) is 6.54 Å². The van der Waals surface area contributed by atoms with E-state index in [2.05, 4.69) is 41.7 Å². The largest absolute Gasteiger partial charge is 1.00 e. The highest BCUT2D eigenvalue weighted by molar-refractivity contribution is 5.92. The highest BCUT2D eigenvalue weighted by Gasteiger charge is 2.16. The van der Waals surface area contributed by atoms with Crippen molar-refractivity contribution in [2.45, 2.75) is 6.42 Å². The average Bonchev–Trinajstić information content (AvgIpc) is 2.65. The summed E-state index contributed by atoms with van der Waals surface area (Å²) in [6.07, 6.45) is 1.22. The molecular weight excluding hydrogens is 238 g/mol. The molecule has 0 atom stereocenters. The summed E-state index contributed by atoms with van der Waals surface area (Å²) in [5, 5.41) is 5.13. The molecule has 0 aliphatic carbocycles. The molecule has 14 heavy (non-hydrogen) atoms.